The molecular formula is C12H14N4O2. The monoisotopic (exact) mass is 246 g/mol. The van der Waals surface area contributed by atoms with E-state index in [2.05, 4.69) is 15.4 Å². The van der Waals surface area contributed by atoms with Gasteiger partial charge in [0, 0.05) is 12.4 Å². The van der Waals surface area contributed by atoms with Crippen LogP contribution in [0.25, 0.3) is 0 Å². The first-order valence-corrected chi connectivity index (χ1v) is 5.67. The van der Waals surface area contributed by atoms with E-state index in [1.807, 2.05) is 6.92 Å². The molecule has 1 fully saturated rings. The minimum absolute atomic E-state index is 0.333. The van der Waals surface area contributed by atoms with E-state index in [-0.39, 0.29) is 5.91 Å². The van der Waals surface area contributed by atoms with Crippen LogP contribution in [0, 0.1) is 0 Å². The molecule has 1 aliphatic rings. The van der Waals surface area contributed by atoms with E-state index in [0.717, 1.165) is 10.6 Å². The second-order valence-electron chi connectivity index (χ2n) is 4.26. The van der Waals surface area contributed by atoms with E-state index < -0.39 is 11.6 Å². The van der Waals surface area contributed by atoms with Crippen LogP contribution in [-0.2, 0) is 4.79 Å². The molecule has 2 rings (SSSR count). The first-order chi connectivity index (χ1) is 8.57. The molecule has 1 aliphatic heterocycles. The van der Waals surface area contributed by atoms with Crippen LogP contribution in [0.3, 0.4) is 0 Å². The molecule has 0 spiro atoms. The highest BCUT2D eigenvalue weighted by molar-refractivity contribution is 6.07. The van der Waals surface area contributed by atoms with Crippen molar-refractivity contribution in [2.75, 3.05) is 0 Å². The maximum absolute atomic E-state index is 12.0. The third-order valence-corrected chi connectivity index (χ3v) is 2.98. The van der Waals surface area contributed by atoms with Crippen LogP contribution in [0.1, 0.15) is 25.8 Å². The Labute approximate surface area is 105 Å². The van der Waals surface area contributed by atoms with Crippen molar-refractivity contribution in [3.8, 4) is 0 Å². The van der Waals surface area contributed by atoms with Crippen LogP contribution in [0.2, 0.25) is 0 Å². The van der Waals surface area contributed by atoms with E-state index in [9.17, 15) is 9.59 Å². The smallest absolute Gasteiger partial charge is 0.322 e. The van der Waals surface area contributed by atoms with Crippen LogP contribution < -0.4 is 5.32 Å². The molecule has 3 amide bonds. The Balaban J connectivity index is 2.18. The Morgan fingerprint density at radius 2 is 2.11 bits per heavy atom. The van der Waals surface area contributed by atoms with Crippen molar-refractivity contribution in [3.05, 3.63) is 30.1 Å². The van der Waals surface area contributed by atoms with Crippen LogP contribution in [-0.4, -0.2) is 33.7 Å². The number of urea groups is 1. The summed E-state index contributed by atoms with van der Waals surface area (Å²) in [5.74, 6) is -0.333. The number of carbonyl (C=O) groups excluding carboxylic acids is 2. The van der Waals surface area contributed by atoms with Crippen LogP contribution in [0.15, 0.2) is 29.6 Å². The minimum Gasteiger partial charge on any atom is -0.322 e. The van der Waals surface area contributed by atoms with Gasteiger partial charge >= 0.3 is 6.03 Å². The van der Waals surface area contributed by atoms with Crippen molar-refractivity contribution in [2.24, 2.45) is 5.10 Å². The second-order valence-corrected chi connectivity index (χ2v) is 4.26. The van der Waals surface area contributed by atoms with Crippen molar-refractivity contribution >= 4 is 18.2 Å². The number of nitrogens with one attached hydrogen (secondary N) is 1. The van der Waals surface area contributed by atoms with Gasteiger partial charge in [0.05, 0.1) is 6.21 Å². The lowest BCUT2D eigenvalue weighted by Gasteiger charge is -2.17. The molecule has 1 aromatic rings. The lowest BCUT2D eigenvalue weighted by atomic mass is 10.00. The molecule has 6 nitrogen and oxygen atoms in total. The predicted octanol–water partition coefficient (Wildman–Crippen LogP) is 1.14. The number of rotatable bonds is 3. The van der Waals surface area contributed by atoms with Crippen LogP contribution in [0.5, 0.6) is 0 Å². The first kappa shape index (κ1) is 12.2. The number of nitrogens with zero attached hydrogens (tertiary/aromatic N) is 3. The quantitative estimate of drug-likeness (QED) is 0.641. The summed E-state index contributed by atoms with van der Waals surface area (Å²) in [5, 5.41) is 7.41. The molecule has 0 aromatic carbocycles. The summed E-state index contributed by atoms with van der Waals surface area (Å²) < 4.78 is 0. The Hall–Kier alpha value is -2.24. The number of carbonyl (C=O) groups is 2. The van der Waals surface area contributed by atoms with E-state index in [0.29, 0.717) is 6.42 Å². The van der Waals surface area contributed by atoms with E-state index in [1.54, 1.807) is 31.5 Å². The van der Waals surface area contributed by atoms with Gasteiger partial charge in [-0.2, -0.15) is 5.10 Å². The minimum atomic E-state index is -0.854. The van der Waals surface area contributed by atoms with Gasteiger partial charge < -0.3 is 5.32 Å². The van der Waals surface area contributed by atoms with Crippen LogP contribution in [0.4, 0.5) is 4.79 Å². The summed E-state index contributed by atoms with van der Waals surface area (Å²) >= 11 is 0. The van der Waals surface area contributed by atoms with Gasteiger partial charge in [0.2, 0.25) is 0 Å². The third kappa shape index (κ3) is 2.09. The molecule has 0 radical (unpaired) electrons. The topological polar surface area (TPSA) is 74.7 Å². The maximum atomic E-state index is 12.0. The van der Waals surface area contributed by atoms with Crippen molar-refractivity contribution in [2.45, 2.75) is 25.8 Å². The lowest BCUT2D eigenvalue weighted by Crippen LogP contribution is -2.42. The van der Waals surface area contributed by atoms with E-state index >= 15 is 0 Å². The summed E-state index contributed by atoms with van der Waals surface area (Å²) in [4.78, 5) is 27.5. The average Bonchev–Trinajstić information content (AvgIpc) is 2.60. The van der Waals surface area contributed by atoms with E-state index in [4.69, 9.17) is 0 Å². The van der Waals surface area contributed by atoms with Gasteiger partial charge in [-0.25, -0.2) is 4.79 Å². The zero-order chi connectivity index (χ0) is 13.2. The molecule has 1 atom stereocenters. The fourth-order valence-corrected chi connectivity index (χ4v) is 1.59. The van der Waals surface area contributed by atoms with Crippen molar-refractivity contribution in [3.63, 3.8) is 0 Å². The average molecular weight is 246 g/mol. The maximum Gasteiger partial charge on any atom is 0.346 e. The number of amides is 3. The van der Waals surface area contributed by atoms with E-state index in [1.165, 1.54) is 6.21 Å². The summed E-state index contributed by atoms with van der Waals surface area (Å²) in [7, 11) is 0. The molecule has 1 saturated heterocycles. The molecule has 2 heterocycles. The Morgan fingerprint density at radius 3 is 2.67 bits per heavy atom. The zero-order valence-corrected chi connectivity index (χ0v) is 10.3. The normalized spacial score (nSPS) is 23.8. The number of hydrogen-bond acceptors (Lipinski definition) is 4. The molecule has 0 bridgehead atoms. The van der Waals surface area contributed by atoms with Gasteiger partial charge in [0.15, 0.2) is 0 Å². The summed E-state index contributed by atoms with van der Waals surface area (Å²) in [6, 6.07) is 2.98. The molecule has 18 heavy (non-hydrogen) atoms. The molecular weight excluding hydrogens is 232 g/mol. The SMILES string of the molecule is CCC1(C)NC(=O)N(/N=C/c2ccncc2)C1=O. The van der Waals surface area contributed by atoms with Gasteiger partial charge in [-0.3, -0.25) is 9.78 Å². The number of aromatic nitrogens is 1. The molecule has 6 heteroatoms. The van der Waals surface area contributed by atoms with Gasteiger partial charge in [-0.15, -0.1) is 5.01 Å². The number of hydrazone groups is 1. The lowest BCUT2D eigenvalue weighted by molar-refractivity contribution is -0.130. The Kier molecular flexibility index (Phi) is 3.10. The summed E-state index contributed by atoms with van der Waals surface area (Å²) in [6.45, 7) is 3.53. The molecule has 94 valence electrons. The largest absolute Gasteiger partial charge is 0.346 e. The Morgan fingerprint density at radius 1 is 1.44 bits per heavy atom. The number of hydrogen-bond donors (Lipinski definition) is 1. The molecule has 0 saturated carbocycles. The Bertz CT molecular complexity index is 500. The molecule has 1 unspecified atom stereocenters. The predicted molar refractivity (Wildman–Crippen MR) is 65.9 cm³/mol. The van der Waals surface area contributed by atoms with Crippen molar-refractivity contribution in [1.82, 2.24) is 15.3 Å². The summed E-state index contributed by atoms with van der Waals surface area (Å²) in [6.07, 6.45) is 5.21. The number of pyridine rings is 1. The van der Waals surface area contributed by atoms with Crippen LogP contribution >= 0.6 is 0 Å². The standard InChI is InChI=1S/C12H14N4O2/c1-3-12(2)10(17)16(11(18)15-12)14-8-9-4-6-13-7-5-9/h4-8H,3H2,1-2H3,(H,15,18)/b14-8+. The van der Waals surface area contributed by atoms with Crippen molar-refractivity contribution < 1.29 is 9.59 Å². The highest BCUT2D eigenvalue weighted by Gasteiger charge is 2.46. The second kappa shape index (κ2) is 4.56. The first-order valence-electron chi connectivity index (χ1n) is 5.67. The highest BCUT2D eigenvalue weighted by atomic mass is 16.2. The molecule has 0 aliphatic carbocycles. The third-order valence-electron chi connectivity index (χ3n) is 2.98. The zero-order valence-electron chi connectivity index (χ0n) is 10.3. The summed E-state index contributed by atoms with van der Waals surface area (Å²) in [5.41, 5.74) is -0.0807. The van der Waals surface area contributed by atoms with Gasteiger partial charge in [-0.1, -0.05) is 6.92 Å². The fraction of sp³-hybridized carbons (Fsp3) is 0.333. The fourth-order valence-electron chi connectivity index (χ4n) is 1.59. The van der Waals surface area contributed by atoms with Gasteiger partial charge in [0.25, 0.3) is 5.91 Å². The highest BCUT2D eigenvalue weighted by Crippen LogP contribution is 2.20. The molecule has 1 aromatic heterocycles. The number of imide groups is 1. The van der Waals surface area contributed by atoms with Gasteiger partial charge in [0.1, 0.15) is 5.54 Å². The van der Waals surface area contributed by atoms with Crippen molar-refractivity contribution in [1.29, 1.82) is 0 Å². The molecule has 1 N–H and O–H groups in total. The van der Waals surface area contributed by atoms with Gasteiger partial charge in [-0.05, 0) is 31.0 Å².